The third kappa shape index (κ3) is 2.57. The number of methoxy groups -OCH3 is 1. The molecule has 1 fully saturated rings. The van der Waals surface area contributed by atoms with Crippen LogP contribution in [0.1, 0.15) is 5.56 Å². The predicted octanol–water partition coefficient (Wildman–Crippen LogP) is 2.29. The average molecular weight is 319 g/mol. The second-order valence-electron chi connectivity index (χ2n) is 4.23. The van der Waals surface area contributed by atoms with Crippen LogP contribution in [0.3, 0.4) is 0 Å². The Hall–Kier alpha value is -2.12. The maximum absolute atomic E-state index is 12.4. The lowest BCUT2D eigenvalue weighted by molar-refractivity contribution is -0.115. The molecule has 1 aromatic heterocycles. The van der Waals surface area contributed by atoms with Crippen molar-refractivity contribution in [1.82, 2.24) is 5.32 Å². The van der Waals surface area contributed by atoms with E-state index in [9.17, 15) is 9.59 Å². The summed E-state index contributed by atoms with van der Waals surface area (Å²) in [6.07, 6.45) is 2.81. The van der Waals surface area contributed by atoms with Gasteiger partial charge < -0.3 is 14.5 Å². The summed E-state index contributed by atoms with van der Waals surface area (Å²) in [6.45, 7) is 0. The van der Waals surface area contributed by atoms with E-state index in [0.717, 1.165) is 11.8 Å². The second kappa shape index (κ2) is 5.34. The van der Waals surface area contributed by atoms with Crippen molar-refractivity contribution in [3.63, 3.8) is 0 Å². The molecule has 106 valence electrons. The average Bonchev–Trinajstić information content (AvgIpc) is 2.79. The van der Waals surface area contributed by atoms with Crippen molar-refractivity contribution in [2.24, 2.45) is 0 Å². The molecule has 1 amide bonds. The molecular weight excluding hydrogens is 310 g/mol. The summed E-state index contributed by atoms with van der Waals surface area (Å²) in [6, 6.07) is 4.96. The van der Waals surface area contributed by atoms with E-state index in [1.807, 2.05) is 0 Å². The maximum atomic E-state index is 12.4. The van der Waals surface area contributed by atoms with E-state index in [1.165, 1.54) is 19.4 Å². The quantitative estimate of drug-likeness (QED) is 0.676. The molecule has 1 N–H and O–H groups in total. The Kier molecular flexibility index (Phi) is 3.52. The normalized spacial score (nSPS) is 16.5. The monoisotopic (exact) mass is 319 g/mol. The molecule has 0 spiro atoms. The van der Waals surface area contributed by atoms with Crippen molar-refractivity contribution in [3.8, 4) is 5.75 Å². The van der Waals surface area contributed by atoms with Gasteiger partial charge in [-0.2, -0.15) is 0 Å². The summed E-state index contributed by atoms with van der Waals surface area (Å²) < 4.78 is 10.9. The van der Waals surface area contributed by atoms with E-state index in [1.54, 1.807) is 18.2 Å². The molecule has 1 aliphatic rings. The minimum Gasteiger partial charge on any atom is -0.497 e. The molecular formula is C14H9NO4S2. The van der Waals surface area contributed by atoms with Gasteiger partial charge in [0.25, 0.3) is 5.91 Å². The molecule has 7 heteroatoms. The number of hydrogen-bond acceptors (Lipinski definition) is 6. The summed E-state index contributed by atoms with van der Waals surface area (Å²) in [5, 5.41) is 2.92. The molecule has 1 saturated heterocycles. The van der Waals surface area contributed by atoms with Crippen molar-refractivity contribution in [2.75, 3.05) is 7.11 Å². The molecule has 0 radical (unpaired) electrons. The number of rotatable bonds is 2. The molecule has 5 nitrogen and oxygen atoms in total. The van der Waals surface area contributed by atoms with Gasteiger partial charge in [-0.3, -0.25) is 9.59 Å². The largest absolute Gasteiger partial charge is 0.497 e. The fourth-order valence-electron chi connectivity index (χ4n) is 1.91. The summed E-state index contributed by atoms with van der Waals surface area (Å²) in [5.74, 6) is 0.298. The van der Waals surface area contributed by atoms with E-state index in [2.05, 4.69) is 5.32 Å². The predicted molar refractivity (Wildman–Crippen MR) is 85.3 cm³/mol. The zero-order chi connectivity index (χ0) is 15.0. The van der Waals surface area contributed by atoms with Crippen LogP contribution in [0.25, 0.3) is 17.0 Å². The van der Waals surface area contributed by atoms with E-state index < -0.39 is 0 Å². The summed E-state index contributed by atoms with van der Waals surface area (Å²) >= 11 is 6.02. The van der Waals surface area contributed by atoms with E-state index in [0.29, 0.717) is 31.5 Å². The van der Waals surface area contributed by atoms with Crippen LogP contribution < -0.4 is 15.5 Å². The van der Waals surface area contributed by atoms with Gasteiger partial charge in [-0.05, 0) is 18.2 Å². The Balaban J connectivity index is 2.11. The van der Waals surface area contributed by atoms with Crippen LogP contribution in [0.15, 0.2) is 38.6 Å². The van der Waals surface area contributed by atoms with Crippen LogP contribution in [0.4, 0.5) is 0 Å². The molecule has 0 bridgehead atoms. The third-order valence-electron chi connectivity index (χ3n) is 2.94. The van der Waals surface area contributed by atoms with Crippen LogP contribution in [0.2, 0.25) is 0 Å². The molecule has 0 unspecified atom stereocenters. The van der Waals surface area contributed by atoms with Gasteiger partial charge in [0.15, 0.2) is 5.43 Å². The zero-order valence-corrected chi connectivity index (χ0v) is 12.5. The highest BCUT2D eigenvalue weighted by atomic mass is 32.2. The number of nitrogens with one attached hydrogen (secondary N) is 1. The Bertz CT molecular complexity index is 854. The number of carbonyl (C=O) groups is 1. The van der Waals surface area contributed by atoms with Crippen molar-refractivity contribution in [1.29, 1.82) is 0 Å². The second-order valence-corrected chi connectivity index (χ2v) is 5.95. The fraction of sp³-hybridized carbons (Fsp3) is 0.0714. The lowest BCUT2D eigenvalue weighted by atomic mass is 10.1. The smallest absolute Gasteiger partial charge is 0.263 e. The van der Waals surface area contributed by atoms with Crippen molar-refractivity contribution in [2.45, 2.75) is 0 Å². The standard InChI is InChI=1S/C14H9NO4S2/c1-18-8-2-3-9-10(5-8)19-6-7(12(9)16)4-11-13(17)15-14(20)21-11/h2-6H,1H3,(H,15,17,20)/b11-4+. The Morgan fingerprint density at radius 1 is 1.38 bits per heavy atom. The topological polar surface area (TPSA) is 68.5 Å². The number of fused-ring (bicyclic) bond motifs is 1. The third-order valence-corrected chi connectivity index (χ3v) is 4.10. The van der Waals surface area contributed by atoms with Crippen molar-refractivity contribution < 1.29 is 13.9 Å². The number of benzene rings is 1. The summed E-state index contributed by atoms with van der Waals surface area (Å²) in [7, 11) is 1.54. The van der Waals surface area contributed by atoms with Crippen LogP contribution in [-0.4, -0.2) is 17.3 Å². The summed E-state index contributed by atoms with van der Waals surface area (Å²) in [5.41, 5.74) is 0.521. The highest BCUT2D eigenvalue weighted by Crippen LogP contribution is 2.26. The lowest BCUT2D eigenvalue weighted by Crippen LogP contribution is -2.17. The number of carbonyl (C=O) groups excluding carboxylic acids is 1. The van der Waals surface area contributed by atoms with Gasteiger partial charge in [-0.1, -0.05) is 24.0 Å². The Morgan fingerprint density at radius 3 is 2.86 bits per heavy atom. The van der Waals surface area contributed by atoms with Crippen LogP contribution in [0.5, 0.6) is 5.75 Å². The molecule has 1 aromatic carbocycles. The van der Waals surface area contributed by atoms with Gasteiger partial charge in [0, 0.05) is 6.07 Å². The molecule has 0 aliphatic carbocycles. The molecule has 1 aliphatic heterocycles. The van der Waals surface area contributed by atoms with Crippen molar-refractivity contribution in [3.05, 3.63) is 45.2 Å². The molecule has 21 heavy (non-hydrogen) atoms. The van der Waals surface area contributed by atoms with E-state index >= 15 is 0 Å². The van der Waals surface area contributed by atoms with Crippen LogP contribution in [-0.2, 0) is 4.79 Å². The van der Waals surface area contributed by atoms with Gasteiger partial charge in [-0.25, -0.2) is 0 Å². The SMILES string of the molecule is COc1ccc2c(=O)c(/C=C3/SC(=S)NC3=O)coc2c1. The molecule has 2 aromatic rings. The first-order valence-corrected chi connectivity index (χ1v) is 7.15. The van der Waals surface area contributed by atoms with Crippen molar-refractivity contribution >= 4 is 51.3 Å². The molecule has 2 heterocycles. The molecule has 3 rings (SSSR count). The number of thioether (sulfide) groups is 1. The number of thiocarbonyl (C=S) groups is 1. The first-order chi connectivity index (χ1) is 10.1. The number of amides is 1. The number of hydrogen-bond donors (Lipinski definition) is 1. The van der Waals surface area contributed by atoms with Crippen LogP contribution in [0, 0.1) is 0 Å². The first-order valence-electron chi connectivity index (χ1n) is 5.93. The highest BCUT2D eigenvalue weighted by molar-refractivity contribution is 8.26. The molecule has 0 saturated carbocycles. The first kappa shape index (κ1) is 13.8. The lowest BCUT2D eigenvalue weighted by Gasteiger charge is -2.02. The van der Waals surface area contributed by atoms with E-state index in [-0.39, 0.29) is 11.3 Å². The zero-order valence-electron chi connectivity index (χ0n) is 10.8. The maximum Gasteiger partial charge on any atom is 0.263 e. The fourth-order valence-corrected chi connectivity index (χ4v) is 2.95. The van der Waals surface area contributed by atoms with E-state index in [4.69, 9.17) is 21.4 Å². The highest BCUT2D eigenvalue weighted by Gasteiger charge is 2.22. The van der Waals surface area contributed by atoms with Gasteiger partial charge in [0.05, 0.1) is 23.0 Å². The number of ether oxygens (including phenoxy) is 1. The Morgan fingerprint density at radius 2 is 2.19 bits per heavy atom. The minimum atomic E-state index is -0.306. The minimum absolute atomic E-state index is 0.211. The Labute approximate surface area is 129 Å². The van der Waals surface area contributed by atoms with Crippen LogP contribution >= 0.6 is 24.0 Å². The van der Waals surface area contributed by atoms with Gasteiger partial charge in [0.2, 0.25) is 0 Å². The van der Waals surface area contributed by atoms with Gasteiger partial charge in [0.1, 0.15) is 21.9 Å². The van der Waals surface area contributed by atoms with Gasteiger partial charge >= 0.3 is 0 Å². The van der Waals surface area contributed by atoms with Gasteiger partial charge in [-0.15, -0.1) is 0 Å². The molecule has 0 atom stereocenters. The summed E-state index contributed by atoms with van der Waals surface area (Å²) in [4.78, 5) is 24.4.